The van der Waals surface area contributed by atoms with E-state index < -0.39 is 17.2 Å². The van der Waals surface area contributed by atoms with Crippen molar-refractivity contribution >= 4 is 40.4 Å². The summed E-state index contributed by atoms with van der Waals surface area (Å²) in [7, 11) is 0. The van der Waals surface area contributed by atoms with Crippen LogP contribution < -0.4 is 21.5 Å². The molecule has 5 N–H and O–H groups in total. The van der Waals surface area contributed by atoms with Gasteiger partial charge in [-0.05, 0) is 25.1 Å². The topological polar surface area (TPSA) is 141 Å². The van der Waals surface area contributed by atoms with Gasteiger partial charge in [-0.25, -0.2) is 28.7 Å². The second-order valence-electron chi connectivity index (χ2n) is 7.76. The summed E-state index contributed by atoms with van der Waals surface area (Å²) < 4.78 is 27.6. The van der Waals surface area contributed by atoms with Crippen molar-refractivity contribution in [1.82, 2.24) is 24.9 Å². The SMILES string of the molecule is CC(CO)Nc1nc(SCc2cccc(F)c2F)nc2[nH]c(=O)c(NCCNc3ccccn3)nc12. The molecule has 3 aromatic heterocycles. The molecule has 4 aromatic rings. The fraction of sp³-hybridized carbons (Fsp3) is 0.261. The molecular formula is C23H24F2N8O2S. The van der Waals surface area contributed by atoms with Crippen LogP contribution in [0.3, 0.4) is 0 Å². The second-order valence-corrected chi connectivity index (χ2v) is 8.71. The minimum absolute atomic E-state index is 0.0741. The van der Waals surface area contributed by atoms with Gasteiger partial charge in [0.25, 0.3) is 5.56 Å². The molecule has 36 heavy (non-hydrogen) atoms. The summed E-state index contributed by atoms with van der Waals surface area (Å²) in [6.45, 7) is 2.46. The Morgan fingerprint density at radius 1 is 1.06 bits per heavy atom. The Kier molecular flexibility index (Phi) is 8.23. The highest BCUT2D eigenvalue weighted by Crippen LogP contribution is 2.26. The highest BCUT2D eigenvalue weighted by molar-refractivity contribution is 7.98. The lowest BCUT2D eigenvalue weighted by molar-refractivity contribution is 0.281. The molecule has 10 nitrogen and oxygen atoms in total. The number of rotatable bonds is 11. The van der Waals surface area contributed by atoms with E-state index in [-0.39, 0.29) is 51.9 Å². The zero-order valence-corrected chi connectivity index (χ0v) is 20.1. The van der Waals surface area contributed by atoms with Gasteiger partial charge in [-0.15, -0.1) is 0 Å². The Hall–Kier alpha value is -3.84. The number of benzene rings is 1. The van der Waals surface area contributed by atoms with Crippen LogP contribution in [0, 0.1) is 11.6 Å². The van der Waals surface area contributed by atoms with E-state index in [1.54, 1.807) is 13.1 Å². The Morgan fingerprint density at radius 2 is 1.89 bits per heavy atom. The van der Waals surface area contributed by atoms with Crippen LogP contribution in [0.4, 0.5) is 26.2 Å². The summed E-state index contributed by atoms with van der Waals surface area (Å²) >= 11 is 1.07. The smallest absolute Gasteiger partial charge is 0.292 e. The number of fused-ring (bicyclic) bond motifs is 1. The average Bonchev–Trinajstić information content (AvgIpc) is 2.88. The highest BCUT2D eigenvalue weighted by atomic mass is 32.2. The number of nitrogens with zero attached hydrogens (tertiary/aromatic N) is 4. The van der Waals surface area contributed by atoms with Crippen molar-refractivity contribution in [3.8, 4) is 0 Å². The number of anilines is 3. The zero-order valence-electron chi connectivity index (χ0n) is 19.3. The molecule has 0 radical (unpaired) electrons. The predicted octanol–water partition coefficient (Wildman–Crippen LogP) is 3.00. The van der Waals surface area contributed by atoms with Crippen LogP contribution in [0.2, 0.25) is 0 Å². The van der Waals surface area contributed by atoms with Gasteiger partial charge in [-0.1, -0.05) is 30.0 Å². The van der Waals surface area contributed by atoms with Gasteiger partial charge in [0.15, 0.2) is 39.6 Å². The van der Waals surface area contributed by atoms with Crippen LogP contribution in [0.5, 0.6) is 0 Å². The van der Waals surface area contributed by atoms with Crippen molar-refractivity contribution in [2.45, 2.75) is 23.9 Å². The number of pyridine rings is 1. The Morgan fingerprint density at radius 3 is 2.67 bits per heavy atom. The molecule has 188 valence electrons. The number of nitrogens with one attached hydrogen (secondary N) is 4. The summed E-state index contributed by atoms with van der Waals surface area (Å²) in [6.07, 6.45) is 1.68. The van der Waals surface area contributed by atoms with E-state index in [0.717, 1.165) is 17.8 Å². The molecule has 0 aliphatic heterocycles. The lowest BCUT2D eigenvalue weighted by Gasteiger charge is -2.15. The monoisotopic (exact) mass is 514 g/mol. The number of hydrogen-bond acceptors (Lipinski definition) is 10. The van der Waals surface area contributed by atoms with Gasteiger partial charge in [-0.2, -0.15) is 0 Å². The molecule has 0 bridgehead atoms. The Labute approximate surface area is 209 Å². The first-order valence-electron chi connectivity index (χ1n) is 11.1. The fourth-order valence-corrected chi connectivity index (χ4v) is 3.98. The van der Waals surface area contributed by atoms with Crippen LogP contribution in [0.25, 0.3) is 11.2 Å². The third-order valence-corrected chi connectivity index (χ3v) is 5.86. The van der Waals surface area contributed by atoms with Crippen LogP contribution in [-0.2, 0) is 5.75 Å². The van der Waals surface area contributed by atoms with Gasteiger partial charge >= 0.3 is 0 Å². The van der Waals surface area contributed by atoms with Crippen LogP contribution >= 0.6 is 11.8 Å². The summed E-state index contributed by atoms with van der Waals surface area (Å²) in [6, 6.07) is 9.09. The Balaban J connectivity index is 1.55. The average molecular weight is 515 g/mol. The van der Waals surface area contributed by atoms with E-state index in [9.17, 15) is 18.7 Å². The molecule has 3 heterocycles. The number of aromatic nitrogens is 5. The summed E-state index contributed by atoms with van der Waals surface area (Å²) in [5.41, 5.74) is 0.137. The highest BCUT2D eigenvalue weighted by Gasteiger charge is 2.16. The summed E-state index contributed by atoms with van der Waals surface area (Å²) in [5.74, 6) is -0.715. The number of thioether (sulfide) groups is 1. The molecular weight excluding hydrogens is 490 g/mol. The van der Waals surface area contributed by atoms with E-state index in [1.807, 2.05) is 18.2 Å². The van der Waals surface area contributed by atoms with Crippen LogP contribution in [0.15, 0.2) is 52.5 Å². The van der Waals surface area contributed by atoms with E-state index in [4.69, 9.17) is 0 Å². The van der Waals surface area contributed by atoms with Gasteiger partial charge in [0.2, 0.25) is 0 Å². The molecule has 0 saturated heterocycles. The standard InChI is InChI=1S/C23H24F2N8O2S/c1-13(11-34)29-19-18-20(33-23(32-19)36-12-14-5-4-6-15(24)17(14)25)31-22(35)21(30-18)28-10-9-27-16-7-2-3-8-26-16/h2-8,13,34H,9-12H2,1H3,(H,26,27)(H,28,30)(H2,29,31,32,33,35). The third kappa shape index (κ3) is 6.23. The van der Waals surface area contributed by atoms with Crippen molar-refractivity contribution in [2.24, 2.45) is 0 Å². The maximum absolute atomic E-state index is 14.0. The van der Waals surface area contributed by atoms with Crippen molar-refractivity contribution in [3.05, 3.63) is 70.1 Å². The molecule has 0 spiro atoms. The van der Waals surface area contributed by atoms with Crippen LogP contribution in [-0.4, -0.2) is 55.8 Å². The number of halogens is 2. The molecule has 13 heteroatoms. The molecule has 0 saturated carbocycles. The second kappa shape index (κ2) is 11.7. The third-order valence-electron chi connectivity index (χ3n) is 4.97. The maximum atomic E-state index is 14.0. The number of H-pyrrole nitrogens is 1. The van der Waals surface area contributed by atoms with E-state index in [1.165, 1.54) is 12.1 Å². The summed E-state index contributed by atoms with van der Waals surface area (Å²) in [5, 5.41) is 18.9. The van der Waals surface area contributed by atoms with Crippen molar-refractivity contribution in [1.29, 1.82) is 0 Å². The van der Waals surface area contributed by atoms with Crippen molar-refractivity contribution < 1.29 is 13.9 Å². The molecule has 0 fully saturated rings. The molecule has 0 aliphatic rings. The largest absolute Gasteiger partial charge is 0.394 e. The molecule has 0 aliphatic carbocycles. The minimum Gasteiger partial charge on any atom is -0.394 e. The number of aliphatic hydroxyl groups excluding tert-OH is 1. The lowest BCUT2D eigenvalue weighted by atomic mass is 10.2. The molecule has 1 unspecified atom stereocenters. The Bertz CT molecular complexity index is 1390. The molecule has 4 rings (SSSR count). The van der Waals surface area contributed by atoms with Gasteiger partial charge in [0.05, 0.1) is 6.61 Å². The first-order chi connectivity index (χ1) is 17.4. The normalized spacial score (nSPS) is 11.9. The van der Waals surface area contributed by atoms with E-state index in [2.05, 4.69) is 40.9 Å². The van der Waals surface area contributed by atoms with Gasteiger partial charge in [-0.3, -0.25) is 4.79 Å². The number of aromatic amines is 1. The molecule has 0 amide bonds. The minimum atomic E-state index is -0.935. The quantitative estimate of drug-likeness (QED) is 0.115. The van der Waals surface area contributed by atoms with Crippen molar-refractivity contribution in [2.75, 3.05) is 35.6 Å². The van der Waals surface area contributed by atoms with Crippen LogP contribution in [0.1, 0.15) is 12.5 Å². The van der Waals surface area contributed by atoms with E-state index in [0.29, 0.717) is 18.9 Å². The van der Waals surface area contributed by atoms with Crippen molar-refractivity contribution in [3.63, 3.8) is 0 Å². The van der Waals surface area contributed by atoms with Gasteiger partial charge in [0.1, 0.15) is 5.82 Å². The molecule has 1 aromatic carbocycles. The summed E-state index contributed by atoms with van der Waals surface area (Å²) in [4.78, 5) is 32.7. The maximum Gasteiger partial charge on any atom is 0.292 e. The first kappa shape index (κ1) is 25.3. The first-order valence-corrected chi connectivity index (χ1v) is 12.1. The molecule has 1 atom stereocenters. The lowest BCUT2D eigenvalue weighted by Crippen LogP contribution is -2.24. The van der Waals surface area contributed by atoms with E-state index >= 15 is 0 Å². The number of aliphatic hydroxyl groups is 1. The number of hydrogen-bond donors (Lipinski definition) is 5. The zero-order chi connectivity index (χ0) is 25.5. The predicted molar refractivity (Wildman–Crippen MR) is 135 cm³/mol. The van der Waals surface area contributed by atoms with Gasteiger partial charge in [0, 0.05) is 36.6 Å². The fourth-order valence-electron chi connectivity index (χ4n) is 3.16. The van der Waals surface area contributed by atoms with Gasteiger partial charge < -0.3 is 26.0 Å².